The number of rotatable bonds is 11. The van der Waals surface area contributed by atoms with Gasteiger partial charge in [-0.3, -0.25) is 19.8 Å². The molecular formula is C25H37N3O2. The smallest absolute Gasteiger partial charge is 0.243 e. The normalized spacial score (nSPS) is 17.3. The van der Waals surface area contributed by atoms with Crippen LogP contribution in [-0.4, -0.2) is 59.2 Å². The predicted molar refractivity (Wildman–Crippen MR) is 123 cm³/mol. The van der Waals surface area contributed by atoms with Crippen LogP contribution >= 0.6 is 0 Å². The van der Waals surface area contributed by atoms with Gasteiger partial charge in [-0.15, -0.1) is 0 Å². The van der Waals surface area contributed by atoms with Crippen LogP contribution in [0.3, 0.4) is 0 Å². The van der Waals surface area contributed by atoms with Crippen molar-refractivity contribution in [3.63, 3.8) is 0 Å². The first kappa shape index (κ1) is 22.7. The Morgan fingerprint density at radius 2 is 1.93 bits per heavy atom. The highest BCUT2D eigenvalue weighted by Crippen LogP contribution is 2.22. The van der Waals surface area contributed by atoms with Crippen molar-refractivity contribution in [2.75, 3.05) is 26.2 Å². The summed E-state index contributed by atoms with van der Waals surface area (Å²) in [5, 5.41) is 11.3. The Balaban J connectivity index is 1.59. The lowest BCUT2D eigenvalue weighted by atomic mass is 10.0. The summed E-state index contributed by atoms with van der Waals surface area (Å²) in [5.74, 6) is -0.286. The highest BCUT2D eigenvalue weighted by Gasteiger charge is 2.28. The van der Waals surface area contributed by atoms with Crippen molar-refractivity contribution in [2.45, 2.75) is 64.5 Å². The van der Waals surface area contributed by atoms with Crippen LogP contribution in [-0.2, 0) is 11.2 Å². The van der Waals surface area contributed by atoms with Gasteiger partial charge in [-0.05, 0) is 62.4 Å². The number of nitrogens with one attached hydrogen (secondary N) is 1. The van der Waals surface area contributed by atoms with E-state index in [0.717, 1.165) is 45.3 Å². The molecule has 2 N–H and O–H groups in total. The Hall–Kier alpha value is -1.95. The average Bonchev–Trinajstić information content (AvgIpc) is 3.26. The van der Waals surface area contributed by atoms with Gasteiger partial charge in [0.1, 0.15) is 0 Å². The molecule has 0 aromatic heterocycles. The molecule has 2 aromatic rings. The van der Waals surface area contributed by atoms with Gasteiger partial charge in [0.05, 0.1) is 0 Å². The molecule has 5 heteroatoms. The standard InChI is InChI=1S/C25H37N3O2/c1-20(2)28-18-15-23(19-28)27(16-7-3-4-13-25(29)26-30)17-14-22-11-8-10-21-9-5-6-12-24(21)22/h5-6,8-12,20,23,30H,3-4,7,13-19H2,1-2H3,(H,26,29). The van der Waals surface area contributed by atoms with Gasteiger partial charge in [-0.1, -0.05) is 48.9 Å². The SMILES string of the molecule is CC(C)N1CCC(N(CCCCCC(=O)NO)CCc2cccc3ccccc23)C1. The van der Waals surface area contributed by atoms with Crippen molar-refractivity contribution in [3.8, 4) is 0 Å². The number of hydroxylamine groups is 1. The zero-order chi connectivity index (χ0) is 21.3. The molecule has 0 aliphatic carbocycles. The quantitative estimate of drug-likeness (QED) is 0.330. The maximum atomic E-state index is 11.2. The summed E-state index contributed by atoms with van der Waals surface area (Å²) in [7, 11) is 0. The van der Waals surface area contributed by atoms with Crippen LogP contribution in [0.15, 0.2) is 42.5 Å². The molecule has 0 spiro atoms. The minimum Gasteiger partial charge on any atom is -0.299 e. The number of carbonyl (C=O) groups excluding carboxylic acids is 1. The van der Waals surface area contributed by atoms with E-state index in [4.69, 9.17) is 5.21 Å². The molecule has 1 atom stereocenters. The molecule has 0 radical (unpaired) electrons. The van der Waals surface area contributed by atoms with E-state index >= 15 is 0 Å². The molecule has 1 heterocycles. The third kappa shape index (κ3) is 6.27. The molecule has 0 bridgehead atoms. The van der Waals surface area contributed by atoms with Gasteiger partial charge in [0.2, 0.25) is 5.91 Å². The fourth-order valence-corrected chi connectivity index (χ4v) is 4.62. The maximum absolute atomic E-state index is 11.2. The molecule has 5 nitrogen and oxygen atoms in total. The number of carbonyl (C=O) groups is 1. The van der Waals surface area contributed by atoms with Crippen molar-refractivity contribution in [1.82, 2.24) is 15.3 Å². The van der Waals surface area contributed by atoms with E-state index in [1.807, 2.05) is 0 Å². The topological polar surface area (TPSA) is 55.8 Å². The number of benzene rings is 2. The Kier molecular flexibility index (Phi) is 8.67. The van der Waals surface area contributed by atoms with Gasteiger partial charge in [-0.25, -0.2) is 5.48 Å². The third-order valence-corrected chi connectivity index (χ3v) is 6.46. The minimum absolute atomic E-state index is 0.286. The van der Waals surface area contributed by atoms with Gasteiger partial charge in [0, 0.05) is 38.1 Å². The van der Waals surface area contributed by atoms with Gasteiger partial charge in [-0.2, -0.15) is 0 Å². The van der Waals surface area contributed by atoms with E-state index in [2.05, 4.69) is 66.1 Å². The molecule has 1 aliphatic rings. The van der Waals surface area contributed by atoms with Crippen molar-refractivity contribution >= 4 is 16.7 Å². The maximum Gasteiger partial charge on any atom is 0.243 e. The van der Waals surface area contributed by atoms with Crippen molar-refractivity contribution in [2.24, 2.45) is 0 Å². The number of hydrogen-bond acceptors (Lipinski definition) is 4. The molecule has 0 saturated carbocycles. The van der Waals surface area contributed by atoms with E-state index in [1.165, 1.54) is 29.3 Å². The van der Waals surface area contributed by atoms with Crippen molar-refractivity contribution < 1.29 is 10.0 Å². The molecule has 164 valence electrons. The van der Waals surface area contributed by atoms with Gasteiger partial charge in [0.25, 0.3) is 0 Å². The second-order valence-corrected chi connectivity index (χ2v) is 8.80. The summed E-state index contributed by atoms with van der Waals surface area (Å²) < 4.78 is 0. The van der Waals surface area contributed by atoms with E-state index in [-0.39, 0.29) is 5.91 Å². The van der Waals surface area contributed by atoms with Crippen LogP contribution in [0, 0.1) is 0 Å². The van der Waals surface area contributed by atoms with Crippen LogP contribution in [0.1, 0.15) is 51.5 Å². The zero-order valence-electron chi connectivity index (χ0n) is 18.5. The Morgan fingerprint density at radius 1 is 1.13 bits per heavy atom. The number of nitrogens with zero attached hydrogens (tertiary/aromatic N) is 2. The monoisotopic (exact) mass is 411 g/mol. The minimum atomic E-state index is -0.286. The summed E-state index contributed by atoms with van der Waals surface area (Å²) in [4.78, 5) is 16.5. The largest absolute Gasteiger partial charge is 0.299 e. The Morgan fingerprint density at radius 3 is 2.70 bits per heavy atom. The second-order valence-electron chi connectivity index (χ2n) is 8.80. The number of likely N-dealkylation sites (tertiary alicyclic amines) is 1. The molecule has 1 saturated heterocycles. The van der Waals surface area contributed by atoms with E-state index in [1.54, 1.807) is 5.48 Å². The van der Waals surface area contributed by atoms with Gasteiger partial charge < -0.3 is 0 Å². The lowest BCUT2D eigenvalue weighted by Gasteiger charge is -2.30. The number of fused-ring (bicyclic) bond motifs is 1. The summed E-state index contributed by atoms with van der Waals surface area (Å²) in [6.07, 6.45) is 5.63. The van der Waals surface area contributed by atoms with Crippen LogP contribution in [0.25, 0.3) is 10.8 Å². The molecule has 1 fully saturated rings. The molecule has 1 aliphatic heterocycles. The summed E-state index contributed by atoms with van der Waals surface area (Å²) in [6.45, 7) is 9.05. The first-order chi connectivity index (χ1) is 14.6. The number of hydrogen-bond donors (Lipinski definition) is 2. The third-order valence-electron chi connectivity index (χ3n) is 6.46. The fraction of sp³-hybridized carbons (Fsp3) is 0.560. The second kappa shape index (κ2) is 11.4. The molecule has 30 heavy (non-hydrogen) atoms. The lowest BCUT2D eigenvalue weighted by molar-refractivity contribution is -0.129. The average molecular weight is 412 g/mol. The lowest BCUT2D eigenvalue weighted by Crippen LogP contribution is -2.40. The first-order valence-electron chi connectivity index (χ1n) is 11.5. The van der Waals surface area contributed by atoms with Crippen LogP contribution in [0.4, 0.5) is 0 Å². The molecular weight excluding hydrogens is 374 g/mol. The zero-order valence-corrected chi connectivity index (χ0v) is 18.5. The predicted octanol–water partition coefficient (Wildman–Crippen LogP) is 4.23. The molecule has 1 unspecified atom stereocenters. The Labute approximate surface area is 181 Å². The summed E-state index contributed by atoms with van der Waals surface area (Å²) in [6, 6.07) is 16.5. The van der Waals surface area contributed by atoms with Gasteiger partial charge >= 0.3 is 0 Å². The fourth-order valence-electron chi connectivity index (χ4n) is 4.62. The first-order valence-corrected chi connectivity index (χ1v) is 11.5. The van der Waals surface area contributed by atoms with Crippen molar-refractivity contribution in [3.05, 3.63) is 48.0 Å². The molecule has 2 aromatic carbocycles. The summed E-state index contributed by atoms with van der Waals surface area (Å²) in [5.41, 5.74) is 3.15. The Bertz CT molecular complexity index is 803. The summed E-state index contributed by atoms with van der Waals surface area (Å²) >= 11 is 0. The highest BCUT2D eigenvalue weighted by atomic mass is 16.5. The van der Waals surface area contributed by atoms with Gasteiger partial charge in [0.15, 0.2) is 0 Å². The van der Waals surface area contributed by atoms with Crippen LogP contribution in [0.2, 0.25) is 0 Å². The van der Waals surface area contributed by atoms with Crippen molar-refractivity contribution in [1.29, 1.82) is 0 Å². The van der Waals surface area contributed by atoms with E-state index < -0.39 is 0 Å². The van der Waals surface area contributed by atoms with E-state index in [9.17, 15) is 4.79 Å². The van der Waals surface area contributed by atoms with E-state index in [0.29, 0.717) is 18.5 Å². The highest BCUT2D eigenvalue weighted by molar-refractivity contribution is 5.85. The number of unbranched alkanes of at least 4 members (excludes halogenated alkanes) is 2. The van der Waals surface area contributed by atoms with Crippen LogP contribution in [0.5, 0.6) is 0 Å². The number of amides is 1. The molecule has 3 rings (SSSR count). The van der Waals surface area contributed by atoms with Crippen LogP contribution < -0.4 is 5.48 Å². The molecule has 1 amide bonds.